The second-order valence-electron chi connectivity index (χ2n) is 4.70. The maximum absolute atomic E-state index is 13.7. The predicted octanol–water partition coefficient (Wildman–Crippen LogP) is 3.90. The Balaban J connectivity index is 2.49. The van der Waals surface area contributed by atoms with Crippen molar-refractivity contribution in [1.29, 1.82) is 0 Å². The first-order valence-corrected chi connectivity index (χ1v) is 8.79. The topological polar surface area (TPSA) is 34.9 Å². The molecule has 0 aliphatic carbocycles. The maximum Gasteiger partial charge on any atom is 0.144 e. The third-order valence-corrected chi connectivity index (χ3v) is 4.53. The highest BCUT2D eigenvalue weighted by molar-refractivity contribution is 7.84. The van der Waals surface area contributed by atoms with Gasteiger partial charge in [0.25, 0.3) is 0 Å². The number of halogens is 3. The fourth-order valence-electron chi connectivity index (χ4n) is 2.19. The quantitative estimate of drug-likeness (QED) is 0.776. The number of alkyl halides is 1. The number of nitrogens with zero attached hydrogens (tertiary/aromatic N) is 2. The number of rotatable bonds is 5. The molecule has 0 amide bonds. The van der Waals surface area contributed by atoms with Gasteiger partial charge in [-0.25, -0.2) is 9.37 Å². The summed E-state index contributed by atoms with van der Waals surface area (Å²) >= 11 is 11.7. The van der Waals surface area contributed by atoms with Gasteiger partial charge in [0.15, 0.2) is 0 Å². The van der Waals surface area contributed by atoms with Crippen LogP contribution in [0.5, 0.6) is 0 Å². The van der Waals surface area contributed by atoms with Gasteiger partial charge in [0.2, 0.25) is 0 Å². The molecule has 0 spiro atoms. The van der Waals surface area contributed by atoms with E-state index in [1.165, 1.54) is 12.1 Å². The van der Waals surface area contributed by atoms with E-state index < -0.39 is 16.6 Å². The molecular formula is C13H15Cl2FN2OS. The number of benzene rings is 1. The predicted molar refractivity (Wildman–Crippen MR) is 82.5 cm³/mol. The summed E-state index contributed by atoms with van der Waals surface area (Å²) in [5.41, 5.74) is 1.29. The minimum atomic E-state index is -0.860. The molecule has 0 radical (unpaired) electrons. The third kappa shape index (κ3) is 3.15. The summed E-state index contributed by atoms with van der Waals surface area (Å²) in [5.74, 6) is 0.997. The van der Waals surface area contributed by atoms with Crippen LogP contribution in [0.15, 0.2) is 12.1 Å². The monoisotopic (exact) mass is 336 g/mol. The Bertz CT molecular complexity index is 659. The molecule has 0 N–H and O–H groups in total. The zero-order valence-corrected chi connectivity index (χ0v) is 13.5. The Hall–Kier alpha value is -0.650. The Morgan fingerprint density at radius 2 is 2.20 bits per heavy atom. The lowest BCUT2D eigenvalue weighted by molar-refractivity contribution is 0.529. The minimum absolute atomic E-state index is 0.0400. The van der Waals surface area contributed by atoms with E-state index in [0.717, 1.165) is 0 Å². The second kappa shape index (κ2) is 6.41. The lowest BCUT2D eigenvalue weighted by atomic mass is 10.2. The Kier molecular flexibility index (Phi) is 5.04. The van der Waals surface area contributed by atoms with Crippen LogP contribution in [0.1, 0.15) is 25.2 Å². The van der Waals surface area contributed by atoms with Crippen molar-refractivity contribution in [2.75, 3.05) is 12.0 Å². The summed E-state index contributed by atoms with van der Waals surface area (Å²) in [6.45, 7) is 1.98. The van der Waals surface area contributed by atoms with Crippen molar-refractivity contribution in [2.45, 2.75) is 25.3 Å². The molecule has 0 fully saturated rings. The second-order valence-corrected chi connectivity index (χ2v) is 6.93. The zero-order valence-electron chi connectivity index (χ0n) is 11.2. The van der Waals surface area contributed by atoms with Crippen molar-refractivity contribution in [1.82, 2.24) is 9.55 Å². The van der Waals surface area contributed by atoms with Crippen LogP contribution in [0.2, 0.25) is 5.02 Å². The van der Waals surface area contributed by atoms with E-state index in [1.807, 2.05) is 11.5 Å². The lowest BCUT2D eigenvalue weighted by Crippen LogP contribution is -2.11. The molecule has 0 saturated carbocycles. The smallest absolute Gasteiger partial charge is 0.144 e. The highest BCUT2D eigenvalue weighted by Gasteiger charge is 2.17. The highest BCUT2D eigenvalue weighted by Crippen LogP contribution is 2.28. The summed E-state index contributed by atoms with van der Waals surface area (Å²) < 4.78 is 26.8. The highest BCUT2D eigenvalue weighted by atomic mass is 35.5. The standard InChI is InChI=1S/C13H15Cl2FN2OS/c1-8(3-4-20(2)19)18-12-6-10(16)9(15)5-11(12)17-13(18)7-14/h5-6,8H,3-4,7H2,1-2H3. The van der Waals surface area contributed by atoms with Crippen molar-refractivity contribution in [2.24, 2.45) is 0 Å². The summed E-state index contributed by atoms with van der Waals surface area (Å²) in [7, 11) is -0.860. The van der Waals surface area contributed by atoms with E-state index in [9.17, 15) is 8.60 Å². The molecule has 2 unspecified atom stereocenters. The van der Waals surface area contributed by atoms with Gasteiger partial charge in [0, 0.05) is 34.9 Å². The molecule has 0 bridgehead atoms. The molecule has 2 rings (SSSR count). The first-order chi connectivity index (χ1) is 9.43. The normalized spacial score (nSPS) is 14.7. The van der Waals surface area contributed by atoms with Gasteiger partial charge in [-0.05, 0) is 19.4 Å². The maximum atomic E-state index is 13.7. The van der Waals surface area contributed by atoms with Crippen LogP contribution < -0.4 is 0 Å². The molecule has 0 aliphatic heterocycles. The fraction of sp³-hybridized carbons (Fsp3) is 0.462. The molecule has 20 heavy (non-hydrogen) atoms. The van der Waals surface area contributed by atoms with Gasteiger partial charge in [-0.15, -0.1) is 11.6 Å². The average Bonchev–Trinajstić information content (AvgIpc) is 2.74. The van der Waals surface area contributed by atoms with E-state index in [4.69, 9.17) is 23.2 Å². The summed E-state index contributed by atoms with van der Waals surface area (Å²) in [6, 6.07) is 2.92. The van der Waals surface area contributed by atoms with E-state index in [1.54, 1.807) is 6.26 Å². The Morgan fingerprint density at radius 1 is 1.50 bits per heavy atom. The van der Waals surface area contributed by atoms with Crippen molar-refractivity contribution in [3.63, 3.8) is 0 Å². The van der Waals surface area contributed by atoms with Gasteiger partial charge in [0.1, 0.15) is 11.6 Å². The van der Waals surface area contributed by atoms with Gasteiger partial charge >= 0.3 is 0 Å². The third-order valence-electron chi connectivity index (χ3n) is 3.19. The average molecular weight is 337 g/mol. The number of hydrogen-bond acceptors (Lipinski definition) is 2. The van der Waals surface area contributed by atoms with E-state index in [-0.39, 0.29) is 16.9 Å². The van der Waals surface area contributed by atoms with Crippen LogP contribution in [-0.2, 0) is 16.7 Å². The molecule has 7 heteroatoms. The molecular weight excluding hydrogens is 322 g/mol. The van der Waals surface area contributed by atoms with E-state index >= 15 is 0 Å². The van der Waals surface area contributed by atoms with Crippen LogP contribution >= 0.6 is 23.2 Å². The largest absolute Gasteiger partial charge is 0.324 e. The van der Waals surface area contributed by atoms with Gasteiger partial charge in [-0.2, -0.15) is 0 Å². The molecule has 0 saturated heterocycles. The molecule has 2 atom stereocenters. The Morgan fingerprint density at radius 3 is 2.80 bits per heavy atom. The van der Waals surface area contributed by atoms with Crippen molar-refractivity contribution in [3.8, 4) is 0 Å². The summed E-state index contributed by atoms with van der Waals surface area (Å²) in [4.78, 5) is 4.39. The van der Waals surface area contributed by atoms with Gasteiger partial charge in [0.05, 0.1) is 21.9 Å². The number of aromatic nitrogens is 2. The Labute approximate surface area is 129 Å². The number of fused-ring (bicyclic) bond motifs is 1. The zero-order chi connectivity index (χ0) is 14.9. The lowest BCUT2D eigenvalue weighted by Gasteiger charge is -2.16. The fourth-order valence-corrected chi connectivity index (χ4v) is 3.21. The molecule has 1 heterocycles. The molecule has 0 aliphatic rings. The molecule has 110 valence electrons. The summed E-state index contributed by atoms with van der Waals surface area (Å²) in [5, 5.41) is 0.0468. The number of hydrogen-bond donors (Lipinski definition) is 0. The first-order valence-electron chi connectivity index (χ1n) is 6.16. The molecule has 1 aromatic heterocycles. The van der Waals surface area contributed by atoms with E-state index in [2.05, 4.69) is 4.98 Å². The van der Waals surface area contributed by atoms with Gasteiger partial charge < -0.3 is 4.57 Å². The minimum Gasteiger partial charge on any atom is -0.324 e. The van der Waals surface area contributed by atoms with Crippen LogP contribution in [-0.4, -0.2) is 25.8 Å². The van der Waals surface area contributed by atoms with Crippen molar-refractivity contribution >= 4 is 45.0 Å². The molecule has 3 nitrogen and oxygen atoms in total. The first kappa shape index (κ1) is 15.7. The summed E-state index contributed by atoms with van der Waals surface area (Å²) in [6.07, 6.45) is 2.38. The van der Waals surface area contributed by atoms with Crippen LogP contribution in [0, 0.1) is 5.82 Å². The molecule has 2 aromatic rings. The van der Waals surface area contributed by atoms with Crippen molar-refractivity contribution < 1.29 is 8.60 Å². The SMILES string of the molecule is CC(CCS(C)=O)n1c(CCl)nc2cc(Cl)c(F)cc21. The number of imidazole rings is 1. The van der Waals surface area contributed by atoms with Crippen molar-refractivity contribution in [3.05, 3.63) is 28.8 Å². The van der Waals surface area contributed by atoms with E-state index in [0.29, 0.717) is 29.0 Å². The van der Waals surface area contributed by atoms with Gasteiger partial charge in [-0.1, -0.05) is 11.6 Å². The molecule has 1 aromatic carbocycles. The van der Waals surface area contributed by atoms with Gasteiger partial charge in [-0.3, -0.25) is 4.21 Å². The van der Waals surface area contributed by atoms with Crippen LogP contribution in [0.25, 0.3) is 11.0 Å². The van der Waals surface area contributed by atoms with Crippen LogP contribution in [0.4, 0.5) is 4.39 Å². The van der Waals surface area contributed by atoms with Crippen LogP contribution in [0.3, 0.4) is 0 Å².